The van der Waals surface area contributed by atoms with Crippen LogP contribution >= 0.6 is 0 Å². The van der Waals surface area contributed by atoms with Crippen molar-refractivity contribution in [2.24, 2.45) is 0 Å². The van der Waals surface area contributed by atoms with Gasteiger partial charge in [-0.2, -0.15) is 13.2 Å². The van der Waals surface area contributed by atoms with Crippen molar-refractivity contribution >= 4 is 0 Å². The standard InChI is InChI=1S/C14H11F4NO/c1-8-7-19-5-4-10(8)13(20)9-2-3-11(12(15)6-9)14(16,17)18/h2-7,13,20H,1H3. The quantitative estimate of drug-likeness (QED) is 0.855. The van der Waals surface area contributed by atoms with Crippen molar-refractivity contribution in [3.8, 4) is 0 Å². The van der Waals surface area contributed by atoms with Gasteiger partial charge in [-0.15, -0.1) is 0 Å². The fraction of sp³-hybridized carbons (Fsp3) is 0.214. The van der Waals surface area contributed by atoms with Gasteiger partial charge in [-0.05, 0) is 41.8 Å². The first kappa shape index (κ1) is 14.5. The topological polar surface area (TPSA) is 33.1 Å². The lowest BCUT2D eigenvalue weighted by Gasteiger charge is -2.15. The van der Waals surface area contributed by atoms with Crippen LogP contribution in [0.15, 0.2) is 36.7 Å². The van der Waals surface area contributed by atoms with Crippen molar-refractivity contribution in [1.82, 2.24) is 4.98 Å². The predicted octanol–water partition coefficient (Wildman–Crippen LogP) is 3.63. The Hall–Kier alpha value is -1.95. The van der Waals surface area contributed by atoms with Crippen LogP contribution in [0.2, 0.25) is 0 Å². The van der Waals surface area contributed by atoms with Crippen LogP contribution in [0.1, 0.15) is 28.4 Å². The van der Waals surface area contributed by atoms with E-state index in [1.165, 1.54) is 18.5 Å². The first-order valence-electron chi connectivity index (χ1n) is 5.76. The van der Waals surface area contributed by atoms with E-state index in [9.17, 15) is 22.7 Å². The zero-order chi connectivity index (χ0) is 14.9. The molecule has 1 aromatic carbocycles. The van der Waals surface area contributed by atoms with E-state index in [0.29, 0.717) is 23.3 Å². The van der Waals surface area contributed by atoms with Gasteiger partial charge in [-0.1, -0.05) is 6.07 Å². The van der Waals surface area contributed by atoms with Gasteiger partial charge in [0.2, 0.25) is 0 Å². The summed E-state index contributed by atoms with van der Waals surface area (Å²) >= 11 is 0. The van der Waals surface area contributed by atoms with E-state index in [4.69, 9.17) is 0 Å². The number of alkyl halides is 3. The number of aliphatic hydroxyl groups is 1. The summed E-state index contributed by atoms with van der Waals surface area (Å²) in [4.78, 5) is 3.85. The smallest absolute Gasteiger partial charge is 0.384 e. The maximum Gasteiger partial charge on any atom is 0.419 e. The summed E-state index contributed by atoms with van der Waals surface area (Å²) in [6.07, 6.45) is -2.99. The predicted molar refractivity (Wildman–Crippen MR) is 64.4 cm³/mol. The third-order valence-corrected chi connectivity index (χ3v) is 2.97. The number of halogens is 4. The lowest BCUT2D eigenvalue weighted by molar-refractivity contribution is -0.140. The van der Waals surface area contributed by atoms with Gasteiger partial charge in [0, 0.05) is 12.4 Å². The molecule has 20 heavy (non-hydrogen) atoms. The first-order valence-corrected chi connectivity index (χ1v) is 5.76. The number of nitrogens with zero attached hydrogens (tertiary/aromatic N) is 1. The molecule has 0 saturated carbocycles. The Morgan fingerprint density at radius 1 is 1.20 bits per heavy atom. The van der Waals surface area contributed by atoms with Gasteiger partial charge in [0.05, 0.1) is 5.56 Å². The van der Waals surface area contributed by atoms with E-state index < -0.39 is 23.7 Å². The van der Waals surface area contributed by atoms with Gasteiger partial charge in [0.25, 0.3) is 0 Å². The SMILES string of the molecule is Cc1cnccc1C(O)c1ccc(C(F)(F)F)c(F)c1. The van der Waals surface area contributed by atoms with E-state index in [1.54, 1.807) is 6.92 Å². The number of hydrogen-bond acceptors (Lipinski definition) is 2. The third kappa shape index (κ3) is 2.80. The average molecular weight is 285 g/mol. The molecule has 0 fully saturated rings. The van der Waals surface area contributed by atoms with Crippen LogP contribution in [0.25, 0.3) is 0 Å². The van der Waals surface area contributed by atoms with Crippen LogP contribution in [0.3, 0.4) is 0 Å². The van der Waals surface area contributed by atoms with Crippen LogP contribution in [-0.2, 0) is 6.18 Å². The maximum atomic E-state index is 13.5. The van der Waals surface area contributed by atoms with Gasteiger partial charge < -0.3 is 5.11 Å². The summed E-state index contributed by atoms with van der Waals surface area (Å²) in [6, 6.07) is 3.93. The molecule has 1 N–H and O–H groups in total. The highest BCUT2D eigenvalue weighted by molar-refractivity contribution is 5.35. The fourth-order valence-corrected chi connectivity index (χ4v) is 1.90. The van der Waals surface area contributed by atoms with Crippen LogP contribution < -0.4 is 0 Å². The minimum Gasteiger partial charge on any atom is -0.384 e. The Bertz CT molecular complexity index is 625. The first-order chi connectivity index (χ1) is 9.30. The second-order valence-corrected chi connectivity index (χ2v) is 4.37. The second kappa shape index (κ2) is 5.20. The van der Waals surface area contributed by atoms with Crippen molar-refractivity contribution in [1.29, 1.82) is 0 Å². The molecule has 2 nitrogen and oxygen atoms in total. The summed E-state index contributed by atoms with van der Waals surface area (Å²) in [5, 5.41) is 10.1. The molecule has 0 spiro atoms. The molecule has 2 aromatic rings. The highest BCUT2D eigenvalue weighted by atomic mass is 19.4. The molecule has 0 aliphatic carbocycles. The molecule has 0 aliphatic rings. The molecule has 0 radical (unpaired) electrons. The number of rotatable bonds is 2. The molecular weight excluding hydrogens is 274 g/mol. The van der Waals surface area contributed by atoms with Crippen LogP contribution in [0, 0.1) is 12.7 Å². The molecule has 0 aliphatic heterocycles. The van der Waals surface area contributed by atoms with E-state index in [-0.39, 0.29) is 5.56 Å². The molecule has 0 bridgehead atoms. The van der Waals surface area contributed by atoms with Crippen molar-refractivity contribution in [3.05, 3.63) is 64.7 Å². The number of hydrogen-bond donors (Lipinski definition) is 1. The zero-order valence-corrected chi connectivity index (χ0v) is 10.4. The van der Waals surface area contributed by atoms with E-state index in [0.717, 1.165) is 6.07 Å². The van der Waals surface area contributed by atoms with Crippen molar-refractivity contribution in [2.75, 3.05) is 0 Å². The molecule has 1 heterocycles. The Morgan fingerprint density at radius 3 is 2.45 bits per heavy atom. The zero-order valence-electron chi connectivity index (χ0n) is 10.4. The second-order valence-electron chi connectivity index (χ2n) is 4.37. The Labute approximate surface area is 112 Å². The van der Waals surface area contributed by atoms with Crippen molar-refractivity contribution in [3.63, 3.8) is 0 Å². The lowest BCUT2D eigenvalue weighted by atomic mass is 9.98. The third-order valence-electron chi connectivity index (χ3n) is 2.97. The van der Waals surface area contributed by atoms with E-state index >= 15 is 0 Å². The van der Waals surface area contributed by atoms with Crippen molar-refractivity contribution in [2.45, 2.75) is 19.2 Å². The fourth-order valence-electron chi connectivity index (χ4n) is 1.90. The number of pyridine rings is 1. The molecule has 106 valence electrons. The average Bonchev–Trinajstić information content (AvgIpc) is 2.37. The molecule has 0 amide bonds. The summed E-state index contributed by atoms with van der Waals surface area (Å²) < 4.78 is 50.9. The number of aliphatic hydroxyl groups excluding tert-OH is 1. The summed E-state index contributed by atoms with van der Waals surface area (Å²) in [5.41, 5.74) is -0.149. The molecule has 0 saturated heterocycles. The molecule has 1 atom stereocenters. The number of benzene rings is 1. The Morgan fingerprint density at radius 2 is 1.90 bits per heavy atom. The minimum absolute atomic E-state index is 0.0600. The van der Waals surface area contributed by atoms with Gasteiger partial charge in [0.1, 0.15) is 11.9 Å². The monoisotopic (exact) mass is 285 g/mol. The van der Waals surface area contributed by atoms with Crippen LogP contribution in [0.5, 0.6) is 0 Å². The maximum absolute atomic E-state index is 13.5. The number of aromatic nitrogens is 1. The molecule has 6 heteroatoms. The van der Waals surface area contributed by atoms with Crippen LogP contribution in [-0.4, -0.2) is 10.1 Å². The normalized spacial score (nSPS) is 13.3. The molecule has 2 rings (SSSR count). The summed E-state index contributed by atoms with van der Waals surface area (Å²) in [6.45, 7) is 1.70. The van der Waals surface area contributed by atoms with E-state index in [2.05, 4.69) is 4.98 Å². The number of aryl methyl sites for hydroxylation is 1. The van der Waals surface area contributed by atoms with Gasteiger partial charge in [-0.3, -0.25) is 4.98 Å². The highest BCUT2D eigenvalue weighted by Gasteiger charge is 2.34. The Balaban J connectivity index is 2.40. The summed E-state index contributed by atoms with van der Waals surface area (Å²) in [7, 11) is 0. The minimum atomic E-state index is -4.75. The van der Waals surface area contributed by atoms with Crippen molar-refractivity contribution < 1.29 is 22.7 Å². The lowest BCUT2D eigenvalue weighted by Crippen LogP contribution is -2.10. The molecular formula is C14H11F4NO. The van der Waals surface area contributed by atoms with Gasteiger partial charge in [-0.25, -0.2) is 4.39 Å². The summed E-state index contributed by atoms with van der Waals surface area (Å²) in [5.74, 6) is -1.40. The highest BCUT2D eigenvalue weighted by Crippen LogP contribution is 2.33. The van der Waals surface area contributed by atoms with Crippen LogP contribution in [0.4, 0.5) is 17.6 Å². The molecule has 1 aromatic heterocycles. The molecule has 1 unspecified atom stereocenters. The van der Waals surface area contributed by atoms with E-state index in [1.807, 2.05) is 0 Å². The van der Waals surface area contributed by atoms with Gasteiger partial charge in [0.15, 0.2) is 0 Å². The Kier molecular flexibility index (Phi) is 3.76. The largest absolute Gasteiger partial charge is 0.419 e. The van der Waals surface area contributed by atoms with Gasteiger partial charge >= 0.3 is 6.18 Å².